The molecule has 0 N–H and O–H groups in total. The van der Waals surface area contributed by atoms with Gasteiger partial charge in [0, 0.05) is 57.5 Å². The van der Waals surface area contributed by atoms with E-state index in [-0.39, 0.29) is 31.2 Å². The number of fused-ring (bicyclic) bond motifs is 6. The Morgan fingerprint density at radius 3 is 2.10 bits per heavy atom. The van der Waals surface area contributed by atoms with E-state index >= 15 is 0 Å². The summed E-state index contributed by atoms with van der Waals surface area (Å²) in [5.74, 6) is 0. The van der Waals surface area contributed by atoms with Gasteiger partial charge in [-0.05, 0) is 47.2 Å². The third kappa shape index (κ3) is 4.46. The van der Waals surface area contributed by atoms with E-state index in [1.54, 1.807) is 12.1 Å². The number of para-hydroxylation sites is 2. The molecule has 0 unspecified atom stereocenters. The van der Waals surface area contributed by atoms with Crippen LogP contribution in [0.1, 0.15) is 19.4 Å². The topological polar surface area (TPSA) is 30.2 Å². The zero-order valence-electron chi connectivity index (χ0n) is 27.1. The van der Waals surface area contributed by atoms with Crippen molar-refractivity contribution in [2.75, 3.05) is 0 Å². The third-order valence-electron chi connectivity index (χ3n) is 6.91. The van der Waals surface area contributed by atoms with E-state index in [0.717, 1.165) is 11.3 Å². The minimum atomic E-state index is -2.18. The van der Waals surface area contributed by atoms with Crippen LogP contribution >= 0.6 is 0 Å². The first kappa shape index (κ1) is 19.7. The summed E-state index contributed by atoms with van der Waals surface area (Å²) in [6.07, 6.45) is 3.14. The smallest absolute Gasteiger partial charge is 0.0451 e. The van der Waals surface area contributed by atoms with Crippen molar-refractivity contribution in [2.45, 2.75) is 13.7 Å². The van der Waals surface area contributed by atoms with Gasteiger partial charge in [0.1, 0.15) is 0 Å². The Morgan fingerprint density at radius 1 is 0.675 bits per heavy atom. The standard InChI is InChI=1S/C23H13N2.C13H12N.Ir/c1-3-10-21-16(7-1)18-13-15(20-9-5-6-12-24-20)14-19-17-8-2-4-11-22(17)25(21)23(18)19;1-10-3-6-12(7-4-10)13-8-5-11(2)9-14-13;/h1-13H;3-6,8-9H,1-2H3;/q2*-1;/i;1D3,2D3;. The summed E-state index contributed by atoms with van der Waals surface area (Å²) in [7, 11) is 0. The fourth-order valence-electron chi connectivity index (χ4n) is 5.15. The van der Waals surface area contributed by atoms with Gasteiger partial charge >= 0.3 is 0 Å². The average Bonchev–Trinajstić information content (AvgIpc) is 3.57. The molecule has 3 nitrogen and oxygen atoms in total. The predicted molar refractivity (Wildman–Crippen MR) is 161 cm³/mol. The third-order valence-corrected chi connectivity index (χ3v) is 6.91. The van der Waals surface area contributed by atoms with Gasteiger partial charge in [0.15, 0.2) is 0 Å². The Hall–Kier alpha value is -4.37. The van der Waals surface area contributed by atoms with Crippen LogP contribution in [0, 0.1) is 25.8 Å². The second kappa shape index (κ2) is 10.7. The summed E-state index contributed by atoms with van der Waals surface area (Å²) in [4.78, 5) is 8.61. The van der Waals surface area contributed by atoms with E-state index in [9.17, 15) is 0 Å². The number of benzene rings is 4. The van der Waals surface area contributed by atoms with Gasteiger partial charge in [-0.25, -0.2) is 0 Å². The Morgan fingerprint density at radius 2 is 1.40 bits per heavy atom. The van der Waals surface area contributed by atoms with Gasteiger partial charge in [-0.1, -0.05) is 89.2 Å². The molecule has 0 amide bonds. The zero-order chi connectivity index (χ0) is 31.3. The van der Waals surface area contributed by atoms with Crippen LogP contribution in [0.25, 0.3) is 60.6 Å². The number of aromatic nitrogens is 3. The SMILES string of the molecule is [2H]C([2H])([2H])c1c[c-]c(-c2ccc(C([2H])([2H])[2H])cn2)cc1.[Ir].[c-]1c(-c2ccccn2)cc2c3ccccc3n3c4ccccc4c1c23. The molecule has 4 aromatic heterocycles. The molecule has 0 aliphatic rings. The monoisotopic (exact) mass is 698 g/mol. The number of pyridine rings is 2. The maximum atomic E-state index is 7.28. The van der Waals surface area contributed by atoms with Crippen LogP contribution in [-0.4, -0.2) is 14.4 Å². The number of hydrogen-bond acceptors (Lipinski definition) is 2. The summed E-state index contributed by atoms with van der Waals surface area (Å²) < 4.78 is 46.0. The van der Waals surface area contributed by atoms with E-state index in [1.807, 2.05) is 24.4 Å². The first-order chi connectivity index (χ1) is 21.6. The van der Waals surface area contributed by atoms with Crippen molar-refractivity contribution >= 4 is 38.1 Å². The van der Waals surface area contributed by atoms with Gasteiger partial charge in [-0.3, -0.25) is 4.98 Å². The van der Waals surface area contributed by atoms with E-state index in [1.165, 1.54) is 62.5 Å². The molecule has 0 spiro atoms. The largest absolute Gasteiger partial charge is 0.348 e. The summed E-state index contributed by atoms with van der Waals surface area (Å²) >= 11 is 0. The van der Waals surface area contributed by atoms with Crippen molar-refractivity contribution in [3.05, 3.63) is 139 Å². The number of aryl methyl sites for hydroxylation is 2. The molecule has 4 heteroatoms. The molecule has 0 aliphatic carbocycles. The molecule has 0 saturated carbocycles. The second-order valence-corrected chi connectivity index (χ2v) is 9.33. The predicted octanol–water partition coefficient (Wildman–Crippen LogP) is 8.86. The van der Waals surface area contributed by atoms with Crippen LogP contribution in [0.2, 0.25) is 0 Å². The van der Waals surface area contributed by atoms with Gasteiger partial charge in [-0.15, -0.1) is 47.5 Å². The van der Waals surface area contributed by atoms with Crippen LogP contribution in [0.15, 0.2) is 116 Å². The second-order valence-electron chi connectivity index (χ2n) is 9.33. The van der Waals surface area contributed by atoms with E-state index in [0.29, 0.717) is 11.3 Å². The maximum Gasteiger partial charge on any atom is 0.0451 e. The van der Waals surface area contributed by atoms with E-state index in [4.69, 9.17) is 8.22 Å². The number of rotatable bonds is 2. The van der Waals surface area contributed by atoms with Gasteiger partial charge < -0.3 is 9.38 Å². The van der Waals surface area contributed by atoms with Crippen LogP contribution in [0.3, 0.4) is 0 Å². The van der Waals surface area contributed by atoms with Gasteiger partial charge in [0.2, 0.25) is 0 Å². The normalized spacial score (nSPS) is 13.9. The Kier molecular flexibility index (Phi) is 5.23. The molecule has 0 saturated heterocycles. The fourth-order valence-corrected chi connectivity index (χ4v) is 5.15. The molecular formula is C36H25IrN3-2. The molecule has 0 fully saturated rings. The molecule has 8 rings (SSSR count). The zero-order valence-corrected chi connectivity index (χ0v) is 23.5. The van der Waals surface area contributed by atoms with Crippen LogP contribution < -0.4 is 0 Å². The molecule has 195 valence electrons. The van der Waals surface area contributed by atoms with E-state index in [2.05, 4.69) is 81.1 Å². The molecule has 4 aromatic carbocycles. The van der Waals surface area contributed by atoms with Gasteiger partial charge in [0.25, 0.3) is 0 Å². The Bertz CT molecular complexity index is 2140. The minimum absolute atomic E-state index is 0. The van der Waals surface area contributed by atoms with E-state index < -0.39 is 13.7 Å². The molecule has 1 radical (unpaired) electrons. The molecule has 8 aromatic rings. The quantitative estimate of drug-likeness (QED) is 0.169. The van der Waals surface area contributed by atoms with Crippen molar-refractivity contribution in [2.24, 2.45) is 0 Å². The molecule has 0 aliphatic heterocycles. The van der Waals surface area contributed by atoms with Crippen molar-refractivity contribution in [1.29, 1.82) is 0 Å². The fraction of sp³-hybridized carbons (Fsp3) is 0.0556. The summed E-state index contributed by atoms with van der Waals surface area (Å²) in [5.41, 5.74) is 7.28. The molecular weight excluding hydrogens is 667 g/mol. The minimum Gasteiger partial charge on any atom is -0.348 e. The first-order valence-electron chi connectivity index (χ1n) is 15.6. The number of hydrogen-bond donors (Lipinski definition) is 0. The Balaban J connectivity index is 0.000000163. The Labute approximate surface area is 255 Å². The maximum absolute atomic E-state index is 7.28. The first-order valence-corrected chi connectivity index (χ1v) is 12.6. The van der Waals surface area contributed by atoms with Crippen molar-refractivity contribution in [1.82, 2.24) is 14.4 Å². The molecule has 4 heterocycles. The van der Waals surface area contributed by atoms with Gasteiger partial charge in [-0.2, -0.15) is 0 Å². The summed E-state index contributed by atoms with van der Waals surface area (Å²) in [5, 5.41) is 4.96. The summed E-state index contributed by atoms with van der Waals surface area (Å²) in [6, 6.07) is 39.5. The van der Waals surface area contributed by atoms with Crippen molar-refractivity contribution < 1.29 is 28.3 Å². The van der Waals surface area contributed by atoms with Crippen LogP contribution in [0.5, 0.6) is 0 Å². The molecule has 0 atom stereocenters. The molecule has 40 heavy (non-hydrogen) atoms. The van der Waals surface area contributed by atoms with Crippen molar-refractivity contribution in [3.8, 4) is 22.5 Å². The van der Waals surface area contributed by atoms with Crippen LogP contribution in [-0.2, 0) is 20.1 Å². The number of nitrogens with zero attached hydrogens (tertiary/aromatic N) is 3. The van der Waals surface area contributed by atoms with Gasteiger partial charge in [0.05, 0.1) is 0 Å². The average molecular weight is 698 g/mol. The van der Waals surface area contributed by atoms with Crippen LogP contribution in [0.4, 0.5) is 0 Å². The molecule has 0 bridgehead atoms. The summed E-state index contributed by atoms with van der Waals surface area (Å²) in [6.45, 7) is -4.34. The van der Waals surface area contributed by atoms with Crippen molar-refractivity contribution in [3.63, 3.8) is 0 Å².